The van der Waals surface area contributed by atoms with Gasteiger partial charge in [0.1, 0.15) is 0 Å². The summed E-state index contributed by atoms with van der Waals surface area (Å²) in [5, 5.41) is 0.655. The van der Waals surface area contributed by atoms with E-state index < -0.39 is 0 Å². The Morgan fingerprint density at radius 1 is 1.39 bits per heavy atom. The van der Waals surface area contributed by atoms with Gasteiger partial charge in [0.05, 0.1) is 13.5 Å². The fraction of sp³-hybridized carbons (Fsp3) is 0.143. The average molecular weight is 243 g/mol. The topological polar surface area (TPSA) is 59.2 Å². The highest BCUT2D eigenvalue weighted by molar-refractivity contribution is 5.81. The van der Waals surface area contributed by atoms with Crippen LogP contribution in [-0.4, -0.2) is 18.1 Å². The van der Waals surface area contributed by atoms with Gasteiger partial charge in [-0.15, -0.1) is 0 Å². The van der Waals surface area contributed by atoms with Crippen LogP contribution >= 0.6 is 0 Å². The number of hydrogen-bond donors (Lipinski definition) is 1. The predicted molar refractivity (Wildman–Crippen MR) is 70.2 cm³/mol. The zero-order valence-electron chi connectivity index (χ0n) is 9.97. The standard InChI is InChI=1S/C14H13NO3/c1-18-14(17)4-2-3-10-5-6-11-12(9-10)15-8-7-13(11)16/h2-3,5-9H,4H2,1H3,(H,15,16). The minimum absolute atomic E-state index is 0.00570. The van der Waals surface area contributed by atoms with Crippen LogP contribution in [-0.2, 0) is 9.53 Å². The SMILES string of the molecule is COC(=O)CC=Cc1ccc2c(=O)cc[nH]c2c1. The summed E-state index contributed by atoms with van der Waals surface area (Å²) in [6.45, 7) is 0. The van der Waals surface area contributed by atoms with Gasteiger partial charge in [0.25, 0.3) is 0 Å². The molecule has 4 heteroatoms. The van der Waals surface area contributed by atoms with Crippen molar-refractivity contribution in [2.45, 2.75) is 6.42 Å². The Kier molecular flexibility index (Phi) is 3.57. The Labute approximate surface area is 104 Å². The molecule has 0 fully saturated rings. The molecule has 0 unspecified atom stereocenters. The number of benzene rings is 1. The molecule has 0 saturated heterocycles. The van der Waals surface area contributed by atoms with E-state index in [9.17, 15) is 9.59 Å². The summed E-state index contributed by atoms with van der Waals surface area (Å²) in [6.07, 6.45) is 5.40. The minimum atomic E-state index is -0.277. The molecule has 1 aromatic heterocycles. The van der Waals surface area contributed by atoms with Crippen LogP contribution in [0.5, 0.6) is 0 Å². The molecule has 0 atom stereocenters. The first-order valence-corrected chi connectivity index (χ1v) is 5.55. The monoisotopic (exact) mass is 243 g/mol. The van der Waals surface area contributed by atoms with Gasteiger partial charge in [0.2, 0.25) is 0 Å². The van der Waals surface area contributed by atoms with Crippen molar-refractivity contribution in [3.8, 4) is 0 Å². The summed E-state index contributed by atoms with van der Waals surface area (Å²) in [5.74, 6) is -0.277. The maximum absolute atomic E-state index is 11.5. The van der Waals surface area contributed by atoms with Crippen molar-refractivity contribution < 1.29 is 9.53 Å². The van der Waals surface area contributed by atoms with Gasteiger partial charge in [-0.3, -0.25) is 9.59 Å². The first-order chi connectivity index (χ1) is 8.70. The Balaban J connectivity index is 2.26. The molecule has 92 valence electrons. The molecule has 1 heterocycles. The second-order valence-corrected chi connectivity index (χ2v) is 3.83. The van der Waals surface area contributed by atoms with Crippen LogP contribution in [0.4, 0.5) is 0 Å². The molecular formula is C14H13NO3. The third kappa shape index (κ3) is 2.66. The largest absolute Gasteiger partial charge is 0.469 e. The van der Waals surface area contributed by atoms with Gasteiger partial charge in [-0.05, 0) is 17.7 Å². The van der Waals surface area contributed by atoms with E-state index in [0.29, 0.717) is 5.39 Å². The first-order valence-electron chi connectivity index (χ1n) is 5.55. The molecule has 0 aliphatic carbocycles. The van der Waals surface area contributed by atoms with Crippen LogP contribution in [0.3, 0.4) is 0 Å². The van der Waals surface area contributed by atoms with E-state index in [2.05, 4.69) is 9.72 Å². The van der Waals surface area contributed by atoms with E-state index in [1.807, 2.05) is 18.2 Å². The lowest BCUT2D eigenvalue weighted by molar-refractivity contribution is -0.139. The number of carbonyl (C=O) groups excluding carboxylic acids is 1. The molecule has 1 N–H and O–H groups in total. The summed E-state index contributed by atoms with van der Waals surface area (Å²) in [5.41, 5.74) is 1.70. The molecule has 18 heavy (non-hydrogen) atoms. The van der Waals surface area contributed by atoms with E-state index in [1.54, 1.807) is 18.3 Å². The zero-order valence-corrected chi connectivity index (χ0v) is 9.97. The number of ether oxygens (including phenoxy) is 1. The van der Waals surface area contributed by atoms with Crippen molar-refractivity contribution in [2.24, 2.45) is 0 Å². The minimum Gasteiger partial charge on any atom is -0.469 e. The number of aromatic amines is 1. The van der Waals surface area contributed by atoms with Gasteiger partial charge in [0.15, 0.2) is 5.43 Å². The Bertz CT molecular complexity index is 655. The fourth-order valence-corrected chi connectivity index (χ4v) is 1.67. The van der Waals surface area contributed by atoms with Crippen LogP contribution < -0.4 is 5.43 Å². The van der Waals surface area contributed by atoms with Crippen LogP contribution in [0.15, 0.2) is 41.3 Å². The van der Waals surface area contributed by atoms with Crippen molar-refractivity contribution in [1.29, 1.82) is 0 Å². The zero-order chi connectivity index (χ0) is 13.0. The molecule has 0 amide bonds. The Morgan fingerprint density at radius 3 is 3.00 bits per heavy atom. The maximum atomic E-state index is 11.5. The second kappa shape index (κ2) is 5.31. The number of nitrogens with one attached hydrogen (secondary N) is 1. The van der Waals surface area contributed by atoms with Crippen molar-refractivity contribution in [1.82, 2.24) is 4.98 Å². The quantitative estimate of drug-likeness (QED) is 0.840. The number of pyridine rings is 1. The molecule has 0 aliphatic rings. The number of aromatic nitrogens is 1. The lowest BCUT2D eigenvalue weighted by atomic mass is 10.1. The van der Waals surface area contributed by atoms with Crippen LogP contribution in [0.2, 0.25) is 0 Å². The molecule has 2 rings (SSSR count). The fourth-order valence-electron chi connectivity index (χ4n) is 1.67. The predicted octanol–water partition coefficient (Wildman–Crippen LogP) is 2.10. The molecule has 0 spiro atoms. The number of carbonyl (C=O) groups is 1. The number of H-pyrrole nitrogens is 1. The van der Waals surface area contributed by atoms with Crippen LogP contribution in [0.1, 0.15) is 12.0 Å². The van der Waals surface area contributed by atoms with Crippen molar-refractivity contribution in [3.63, 3.8) is 0 Å². The average Bonchev–Trinajstić information content (AvgIpc) is 2.38. The molecule has 0 radical (unpaired) electrons. The lowest BCUT2D eigenvalue weighted by Gasteiger charge is -1.99. The molecule has 4 nitrogen and oxygen atoms in total. The van der Waals surface area contributed by atoms with Crippen molar-refractivity contribution >= 4 is 22.9 Å². The number of rotatable bonds is 3. The summed E-state index contributed by atoms with van der Waals surface area (Å²) in [4.78, 5) is 25.5. The van der Waals surface area contributed by atoms with Gasteiger partial charge < -0.3 is 9.72 Å². The van der Waals surface area contributed by atoms with Gasteiger partial charge in [-0.25, -0.2) is 0 Å². The first kappa shape index (κ1) is 12.1. The van der Waals surface area contributed by atoms with Crippen molar-refractivity contribution in [3.05, 3.63) is 52.3 Å². The van der Waals surface area contributed by atoms with E-state index in [4.69, 9.17) is 0 Å². The third-order valence-corrected chi connectivity index (χ3v) is 2.61. The summed E-state index contributed by atoms with van der Waals surface area (Å²) in [7, 11) is 1.36. The number of hydrogen-bond acceptors (Lipinski definition) is 3. The third-order valence-electron chi connectivity index (χ3n) is 2.61. The highest BCUT2D eigenvalue weighted by Gasteiger charge is 1.98. The van der Waals surface area contributed by atoms with E-state index >= 15 is 0 Å². The normalized spacial score (nSPS) is 10.9. The van der Waals surface area contributed by atoms with Crippen molar-refractivity contribution in [2.75, 3.05) is 7.11 Å². The van der Waals surface area contributed by atoms with E-state index in [1.165, 1.54) is 13.2 Å². The molecule has 0 bridgehead atoms. The van der Waals surface area contributed by atoms with Gasteiger partial charge >= 0.3 is 5.97 Å². The summed E-state index contributed by atoms with van der Waals surface area (Å²) >= 11 is 0. The Morgan fingerprint density at radius 2 is 2.22 bits per heavy atom. The Hall–Kier alpha value is -2.36. The van der Waals surface area contributed by atoms with E-state index in [-0.39, 0.29) is 17.8 Å². The van der Waals surface area contributed by atoms with Gasteiger partial charge in [0, 0.05) is 23.2 Å². The molecule has 2 aromatic rings. The second-order valence-electron chi connectivity index (χ2n) is 3.83. The summed E-state index contributed by atoms with van der Waals surface area (Å²) < 4.78 is 4.54. The molecule has 0 aliphatic heterocycles. The molecule has 1 aromatic carbocycles. The van der Waals surface area contributed by atoms with E-state index in [0.717, 1.165) is 11.1 Å². The number of fused-ring (bicyclic) bond motifs is 1. The number of esters is 1. The lowest BCUT2D eigenvalue weighted by Crippen LogP contribution is -1.99. The van der Waals surface area contributed by atoms with Gasteiger partial charge in [-0.2, -0.15) is 0 Å². The number of methoxy groups -OCH3 is 1. The van der Waals surface area contributed by atoms with Crippen LogP contribution in [0.25, 0.3) is 17.0 Å². The molecular weight excluding hydrogens is 230 g/mol. The highest BCUT2D eigenvalue weighted by Crippen LogP contribution is 2.11. The summed E-state index contributed by atoms with van der Waals surface area (Å²) in [6, 6.07) is 6.97. The van der Waals surface area contributed by atoms with Gasteiger partial charge in [-0.1, -0.05) is 18.2 Å². The smallest absolute Gasteiger partial charge is 0.309 e. The molecule has 0 saturated carbocycles. The maximum Gasteiger partial charge on any atom is 0.309 e. The highest BCUT2D eigenvalue weighted by atomic mass is 16.5. The van der Waals surface area contributed by atoms with Crippen LogP contribution in [0, 0.1) is 0 Å².